The van der Waals surface area contributed by atoms with Gasteiger partial charge in [-0.2, -0.15) is 0 Å². The lowest BCUT2D eigenvalue weighted by Crippen LogP contribution is -2.12. The predicted molar refractivity (Wildman–Crippen MR) is 76.4 cm³/mol. The molecule has 0 radical (unpaired) electrons. The van der Waals surface area contributed by atoms with Gasteiger partial charge in [0.1, 0.15) is 0 Å². The number of halogens is 3. The highest BCUT2D eigenvalue weighted by Gasteiger charge is 2.14. The highest BCUT2D eigenvalue weighted by molar-refractivity contribution is 7.10. The number of benzene rings is 1. The molecule has 5 heteroatoms. The lowest BCUT2D eigenvalue weighted by Gasteiger charge is -2.12. The van der Waals surface area contributed by atoms with E-state index in [1.165, 1.54) is 0 Å². The van der Waals surface area contributed by atoms with E-state index in [4.69, 9.17) is 40.5 Å². The zero-order chi connectivity index (χ0) is 12.4. The summed E-state index contributed by atoms with van der Waals surface area (Å²) < 4.78 is 0. The fourth-order valence-electron chi connectivity index (χ4n) is 1.61. The minimum absolute atomic E-state index is 0.154. The monoisotopic (exact) mass is 305 g/mol. The first-order valence-electron chi connectivity index (χ1n) is 5.01. The van der Waals surface area contributed by atoms with E-state index in [9.17, 15) is 0 Å². The maximum Gasteiger partial charge on any atom is 0.0624 e. The molecule has 2 N–H and O–H groups in total. The SMILES string of the molecule is NC(Cc1cccc(Cl)c1Cl)c1sccc1Cl. The molecule has 1 aromatic heterocycles. The van der Waals surface area contributed by atoms with E-state index in [-0.39, 0.29) is 6.04 Å². The van der Waals surface area contributed by atoms with Gasteiger partial charge in [-0.25, -0.2) is 0 Å². The second kappa shape index (κ2) is 5.59. The summed E-state index contributed by atoms with van der Waals surface area (Å²) in [6, 6.07) is 7.25. The Balaban J connectivity index is 2.22. The summed E-state index contributed by atoms with van der Waals surface area (Å²) in [6.07, 6.45) is 0.625. The summed E-state index contributed by atoms with van der Waals surface area (Å²) in [6.45, 7) is 0. The first kappa shape index (κ1) is 13.2. The van der Waals surface area contributed by atoms with Crippen molar-refractivity contribution in [1.29, 1.82) is 0 Å². The first-order valence-corrected chi connectivity index (χ1v) is 7.02. The lowest BCUT2D eigenvalue weighted by molar-refractivity contribution is 0.737. The van der Waals surface area contributed by atoms with Crippen molar-refractivity contribution < 1.29 is 0 Å². The molecular weight excluding hydrogens is 297 g/mol. The van der Waals surface area contributed by atoms with Crippen LogP contribution in [0.25, 0.3) is 0 Å². The molecule has 0 amide bonds. The van der Waals surface area contributed by atoms with Gasteiger partial charge in [0.05, 0.1) is 15.1 Å². The zero-order valence-electron chi connectivity index (χ0n) is 8.79. The van der Waals surface area contributed by atoms with Crippen LogP contribution in [0.5, 0.6) is 0 Å². The largest absolute Gasteiger partial charge is 0.323 e. The van der Waals surface area contributed by atoms with Gasteiger partial charge in [-0.3, -0.25) is 0 Å². The maximum atomic E-state index is 6.12. The van der Waals surface area contributed by atoms with Crippen molar-refractivity contribution in [3.05, 3.63) is 55.2 Å². The van der Waals surface area contributed by atoms with Gasteiger partial charge in [0, 0.05) is 10.9 Å². The molecule has 90 valence electrons. The number of thiophene rings is 1. The summed E-state index contributed by atoms with van der Waals surface area (Å²) in [4.78, 5) is 0.975. The molecule has 0 fully saturated rings. The smallest absolute Gasteiger partial charge is 0.0624 e. The van der Waals surface area contributed by atoms with E-state index in [0.717, 1.165) is 10.4 Å². The van der Waals surface area contributed by atoms with E-state index in [1.54, 1.807) is 17.4 Å². The fraction of sp³-hybridized carbons (Fsp3) is 0.167. The summed E-state index contributed by atoms with van der Waals surface area (Å²) in [5.41, 5.74) is 7.06. The predicted octanol–water partition coefficient (Wildman–Crippen LogP) is 4.95. The number of hydrogen-bond acceptors (Lipinski definition) is 2. The van der Waals surface area contributed by atoms with E-state index in [2.05, 4.69) is 0 Å². The lowest BCUT2D eigenvalue weighted by atomic mass is 10.1. The minimum Gasteiger partial charge on any atom is -0.323 e. The van der Waals surface area contributed by atoms with Gasteiger partial charge in [0.15, 0.2) is 0 Å². The third-order valence-corrected chi connectivity index (χ3v) is 4.80. The molecule has 17 heavy (non-hydrogen) atoms. The van der Waals surface area contributed by atoms with E-state index in [0.29, 0.717) is 21.5 Å². The molecule has 0 aliphatic heterocycles. The van der Waals surface area contributed by atoms with Crippen LogP contribution >= 0.6 is 46.1 Å². The topological polar surface area (TPSA) is 26.0 Å². The second-order valence-electron chi connectivity index (χ2n) is 3.66. The van der Waals surface area contributed by atoms with E-state index < -0.39 is 0 Å². The van der Waals surface area contributed by atoms with Crippen molar-refractivity contribution >= 4 is 46.1 Å². The van der Waals surface area contributed by atoms with Crippen LogP contribution in [-0.4, -0.2) is 0 Å². The Morgan fingerprint density at radius 2 is 1.88 bits per heavy atom. The van der Waals surface area contributed by atoms with Gasteiger partial charge in [-0.15, -0.1) is 11.3 Å². The van der Waals surface area contributed by atoms with E-state index >= 15 is 0 Å². The number of nitrogens with two attached hydrogens (primary N) is 1. The maximum absolute atomic E-state index is 6.12. The summed E-state index contributed by atoms with van der Waals surface area (Å²) in [5.74, 6) is 0. The third kappa shape index (κ3) is 2.95. The van der Waals surface area contributed by atoms with Crippen LogP contribution in [0.1, 0.15) is 16.5 Å². The molecule has 0 saturated heterocycles. The van der Waals surface area contributed by atoms with Crippen LogP contribution in [0.3, 0.4) is 0 Å². The zero-order valence-corrected chi connectivity index (χ0v) is 11.9. The van der Waals surface area contributed by atoms with Crippen molar-refractivity contribution in [3.8, 4) is 0 Å². The Kier molecular flexibility index (Phi) is 4.34. The van der Waals surface area contributed by atoms with Gasteiger partial charge < -0.3 is 5.73 Å². The van der Waals surface area contributed by atoms with Gasteiger partial charge in [-0.1, -0.05) is 46.9 Å². The summed E-state index contributed by atoms with van der Waals surface area (Å²) >= 11 is 19.7. The molecule has 2 rings (SSSR count). The van der Waals surface area contributed by atoms with Crippen molar-refractivity contribution in [1.82, 2.24) is 0 Å². The van der Waals surface area contributed by atoms with Crippen LogP contribution in [0.2, 0.25) is 15.1 Å². The molecule has 1 nitrogen and oxygen atoms in total. The first-order chi connectivity index (χ1) is 8.09. The molecule has 0 bridgehead atoms. The van der Waals surface area contributed by atoms with Crippen molar-refractivity contribution in [3.63, 3.8) is 0 Å². The second-order valence-corrected chi connectivity index (χ2v) is 5.80. The number of rotatable bonds is 3. The highest BCUT2D eigenvalue weighted by atomic mass is 35.5. The van der Waals surface area contributed by atoms with Gasteiger partial charge in [0.25, 0.3) is 0 Å². The normalized spacial score (nSPS) is 12.7. The fourth-order valence-corrected chi connectivity index (χ4v) is 3.20. The highest BCUT2D eigenvalue weighted by Crippen LogP contribution is 2.32. The molecule has 1 heterocycles. The summed E-state index contributed by atoms with van der Waals surface area (Å²) in [7, 11) is 0. The Bertz CT molecular complexity index is 524. The Morgan fingerprint density at radius 3 is 2.53 bits per heavy atom. The molecule has 0 spiro atoms. The van der Waals surface area contributed by atoms with Crippen LogP contribution < -0.4 is 5.73 Å². The average Bonchev–Trinajstić information content (AvgIpc) is 2.71. The van der Waals surface area contributed by atoms with Crippen molar-refractivity contribution in [2.75, 3.05) is 0 Å². The Labute approximate surface area is 119 Å². The van der Waals surface area contributed by atoms with Crippen molar-refractivity contribution in [2.24, 2.45) is 5.73 Å². The molecule has 1 aromatic carbocycles. The molecule has 0 aliphatic rings. The van der Waals surface area contributed by atoms with Gasteiger partial charge in [-0.05, 0) is 29.5 Å². The number of hydrogen-bond donors (Lipinski definition) is 1. The van der Waals surface area contributed by atoms with E-state index in [1.807, 2.05) is 23.6 Å². The van der Waals surface area contributed by atoms with Crippen LogP contribution in [-0.2, 0) is 6.42 Å². The Hall–Kier alpha value is -0.250. The molecule has 0 saturated carbocycles. The molecule has 1 unspecified atom stereocenters. The minimum atomic E-state index is -0.154. The van der Waals surface area contributed by atoms with Crippen LogP contribution in [0.15, 0.2) is 29.6 Å². The quantitative estimate of drug-likeness (QED) is 0.853. The molecular formula is C12H10Cl3NS. The molecule has 1 atom stereocenters. The molecule has 0 aliphatic carbocycles. The van der Waals surface area contributed by atoms with Gasteiger partial charge >= 0.3 is 0 Å². The molecule has 2 aromatic rings. The van der Waals surface area contributed by atoms with Crippen molar-refractivity contribution in [2.45, 2.75) is 12.5 Å². The standard InChI is InChI=1S/C12H10Cl3NS/c13-8-3-1-2-7(11(8)15)6-10(16)12-9(14)4-5-17-12/h1-5,10H,6,16H2. The summed E-state index contributed by atoms with van der Waals surface area (Å²) in [5, 5.41) is 3.75. The third-order valence-electron chi connectivity index (χ3n) is 2.45. The van der Waals surface area contributed by atoms with Crippen LogP contribution in [0.4, 0.5) is 0 Å². The average molecular weight is 307 g/mol. The van der Waals surface area contributed by atoms with Gasteiger partial charge in [0.2, 0.25) is 0 Å². The van der Waals surface area contributed by atoms with Crippen LogP contribution in [0, 0.1) is 0 Å². The Morgan fingerprint density at radius 1 is 1.12 bits per heavy atom.